The zero-order chi connectivity index (χ0) is 7.82. The van der Waals surface area contributed by atoms with Crippen molar-refractivity contribution in [3.8, 4) is 11.8 Å². The van der Waals surface area contributed by atoms with E-state index in [0.29, 0.717) is 6.42 Å². The summed E-state index contributed by atoms with van der Waals surface area (Å²) in [6.07, 6.45) is 4.31. The van der Waals surface area contributed by atoms with E-state index in [0.717, 1.165) is 18.3 Å². The Labute approximate surface area is 62.1 Å². The van der Waals surface area contributed by atoms with Crippen LogP contribution in [0, 0.1) is 11.8 Å². The van der Waals surface area contributed by atoms with Crippen molar-refractivity contribution < 1.29 is 4.79 Å². The molecule has 0 heterocycles. The zero-order valence-corrected chi connectivity index (χ0v) is 6.48. The molecule has 54 valence electrons. The normalized spacial score (nSPS) is 10.0. The maximum atomic E-state index is 9.88. The summed E-state index contributed by atoms with van der Waals surface area (Å²) in [5.41, 5.74) is 1.05. The van der Waals surface area contributed by atoms with E-state index in [2.05, 4.69) is 11.8 Å². The van der Waals surface area contributed by atoms with Gasteiger partial charge in [-0.25, -0.2) is 0 Å². The molecule has 0 aliphatic rings. The minimum atomic E-state index is 0.600. The first-order valence-corrected chi connectivity index (χ1v) is 3.34. The summed E-state index contributed by atoms with van der Waals surface area (Å²) in [7, 11) is 0. The third-order valence-corrected chi connectivity index (χ3v) is 1.06. The fourth-order valence-electron chi connectivity index (χ4n) is 0.616. The molecule has 0 unspecified atom stereocenters. The summed E-state index contributed by atoms with van der Waals surface area (Å²) in [6, 6.07) is 0. The SMILES string of the molecule is CC#C/C(C)=C/CCC=O. The summed E-state index contributed by atoms with van der Waals surface area (Å²) in [5.74, 6) is 5.69. The van der Waals surface area contributed by atoms with E-state index in [-0.39, 0.29) is 0 Å². The molecule has 0 aromatic rings. The van der Waals surface area contributed by atoms with Crippen molar-refractivity contribution in [2.45, 2.75) is 26.7 Å². The van der Waals surface area contributed by atoms with Crippen LogP contribution in [0.5, 0.6) is 0 Å². The number of carbonyl (C=O) groups is 1. The highest BCUT2D eigenvalue weighted by Crippen LogP contribution is 1.94. The van der Waals surface area contributed by atoms with Crippen LogP contribution in [0.25, 0.3) is 0 Å². The van der Waals surface area contributed by atoms with Crippen LogP contribution in [0.15, 0.2) is 11.6 Å². The molecule has 0 rings (SSSR count). The molecule has 0 saturated carbocycles. The van der Waals surface area contributed by atoms with Crippen LogP contribution in [-0.4, -0.2) is 6.29 Å². The van der Waals surface area contributed by atoms with Crippen LogP contribution in [-0.2, 0) is 4.79 Å². The summed E-state index contributed by atoms with van der Waals surface area (Å²) < 4.78 is 0. The Balaban J connectivity index is 3.64. The number of hydrogen-bond acceptors (Lipinski definition) is 1. The Morgan fingerprint density at radius 2 is 2.20 bits per heavy atom. The van der Waals surface area contributed by atoms with Gasteiger partial charge in [0.1, 0.15) is 6.29 Å². The summed E-state index contributed by atoms with van der Waals surface area (Å²) in [5, 5.41) is 0. The highest BCUT2D eigenvalue weighted by atomic mass is 16.1. The molecule has 0 aliphatic heterocycles. The molecule has 0 radical (unpaired) electrons. The number of allylic oxidation sites excluding steroid dienone is 2. The van der Waals surface area contributed by atoms with E-state index in [4.69, 9.17) is 0 Å². The topological polar surface area (TPSA) is 17.1 Å². The highest BCUT2D eigenvalue weighted by Gasteiger charge is 1.80. The summed E-state index contributed by atoms with van der Waals surface area (Å²) in [6.45, 7) is 3.75. The molecule has 0 N–H and O–H groups in total. The first-order chi connectivity index (χ1) is 4.81. The lowest BCUT2D eigenvalue weighted by atomic mass is 10.2. The molecule has 1 heteroatoms. The molecule has 10 heavy (non-hydrogen) atoms. The van der Waals surface area contributed by atoms with Crippen molar-refractivity contribution in [1.82, 2.24) is 0 Å². The van der Waals surface area contributed by atoms with Crippen molar-refractivity contribution in [3.05, 3.63) is 11.6 Å². The minimum Gasteiger partial charge on any atom is -0.303 e. The lowest BCUT2D eigenvalue weighted by Gasteiger charge is -1.85. The van der Waals surface area contributed by atoms with Gasteiger partial charge >= 0.3 is 0 Å². The Kier molecular flexibility index (Phi) is 5.47. The minimum absolute atomic E-state index is 0.600. The Bertz CT molecular complexity index is 179. The molecule has 0 amide bonds. The van der Waals surface area contributed by atoms with Crippen LogP contribution in [0.4, 0.5) is 0 Å². The highest BCUT2D eigenvalue weighted by molar-refractivity contribution is 5.49. The number of unbranched alkanes of at least 4 members (excludes halogenated alkanes) is 1. The quantitative estimate of drug-likeness (QED) is 0.329. The Morgan fingerprint density at radius 1 is 1.50 bits per heavy atom. The smallest absolute Gasteiger partial charge is 0.120 e. The number of aldehydes is 1. The maximum Gasteiger partial charge on any atom is 0.120 e. The third-order valence-electron chi connectivity index (χ3n) is 1.06. The van der Waals surface area contributed by atoms with Gasteiger partial charge in [0.15, 0.2) is 0 Å². The predicted octanol–water partition coefficient (Wildman–Crippen LogP) is 1.94. The molecule has 0 aliphatic carbocycles. The Morgan fingerprint density at radius 3 is 2.70 bits per heavy atom. The molecular formula is C9H12O. The third kappa shape index (κ3) is 5.11. The standard InChI is InChI=1S/C9H12O/c1-3-6-9(2)7-4-5-8-10/h7-8H,4-5H2,1-2H3/b9-7+. The van der Waals surface area contributed by atoms with Gasteiger partial charge in [-0.1, -0.05) is 12.0 Å². The maximum absolute atomic E-state index is 9.88. The fraction of sp³-hybridized carbons (Fsp3) is 0.444. The average molecular weight is 136 g/mol. The predicted molar refractivity (Wildman–Crippen MR) is 42.5 cm³/mol. The monoisotopic (exact) mass is 136 g/mol. The van der Waals surface area contributed by atoms with Crippen LogP contribution >= 0.6 is 0 Å². The summed E-state index contributed by atoms with van der Waals surface area (Å²) >= 11 is 0. The molecule has 0 atom stereocenters. The van der Waals surface area contributed by atoms with E-state index in [1.165, 1.54) is 0 Å². The average Bonchev–Trinajstić information content (AvgIpc) is 1.89. The second-order valence-electron chi connectivity index (χ2n) is 2.01. The fourth-order valence-corrected chi connectivity index (χ4v) is 0.616. The molecule has 0 bridgehead atoms. The van der Waals surface area contributed by atoms with Crippen LogP contribution in [0.2, 0.25) is 0 Å². The van der Waals surface area contributed by atoms with E-state index in [1.807, 2.05) is 13.0 Å². The van der Waals surface area contributed by atoms with Gasteiger partial charge in [-0.2, -0.15) is 0 Å². The van der Waals surface area contributed by atoms with Gasteiger partial charge in [0.2, 0.25) is 0 Å². The number of carbonyl (C=O) groups excluding carboxylic acids is 1. The van der Waals surface area contributed by atoms with Crippen molar-refractivity contribution >= 4 is 6.29 Å². The second kappa shape index (κ2) is 6.10. The largest absolute Gasteiger partial charge is 0.303 e. The van der Waals surface area contributed by atoms with Gasteiger partial charge in [0.05, 0.1) is 0 Å². The second-order valence-corrected chi connectivity index (χ2v) is 2.01. The van der Waals surface area contributed by atoms with E-state index in [9.17, 15) is 4.79 Å². The first kappa shape index (κ1) is 8.97. The molecule has 0 saturated heterocycles. The van der Waals surface area contributed by atoms with Crippen molar-refractivity contribution in [3.63, 3.8) is 0 Å². The van der Waals surface area contributed by atoms with E-state index in [1.54, 1.807) is 6.92 Å². The van der Waals surface area contributed by atoms with Crippen molar-refractivity contribution in [2.24, 2.45) is 0 Å². The summed E-state index contributed by atoms with van der Waals surface area (Å²) in [4.78, 5) is 9.88. The van der Waals surface area contributed by atoms with Crippen LogP contribution in [0.3, 0.4) is 0 Å². The molecule has 0 fully saturated rings. The first-order valence-electron chi connectivity index (χ1n) is 3.34. The lowest BCUT2D eigenvalue weighted by molar-refractivity contribution is -0.107. The molecule has 0 aromatic heterocycles. The molecule has 0 spiro atoms. The van der Waals surface area contributed by atoms with Gasteiger partial charge in [-0.3, -0.25) is 0 Å². The zero-order valence-electron chi connectivity index (χ0n) is 6.48. The number of rotatable bonds is 3. The van der Waals surface area contributed by atoms with Crippen LogP contribution in [0.1, 0.15) is 26.7 Å². The van der Waals surface area contributed by atoms with Gasteiger partial charge in [-0.05, 0) is 25.8 Å². The van der Waals surface area contributed by atoms with E-state index >= 15 is 0 Å². The lowest BCUT2D eigenvalue weighted by Crippen LogP contribution is -1.73. The van der Waals surface area contributed by atoms with Gasteiger partial charge in [0.25, 0.3) is 0 Å². The molecular weight excluding hydrogens is 124 g/mol. The molecule has 1 nitrogen and oxygen atoms in total. The molecule has 0 aromatic carbocycles. The van der Waals surface area contributed by atoms with Crippen molar-refractivity contribution in [1.29, 1.82) is 0 Å². The van der Waals surface area contributed by atoms with E-state index < -0.39 is 0 Å². The van der Waals surface area contributed by atoms with Gasteiger partial charge in [-0.15, -0.1) is 5.92 Å². The van der Waals surface area contributed by atoms with Crippen LogP contribution < -0.4 is 0 Å². The van der Waals surface area contributed by atoms with Gasteiger partial charge in [0, 0.05) is 6.42 Å². The Hall–Kier alpha value is -1.03. The number of hydrogen-bond donors (Lipinski definition) is 0. The van der Waals surface area contributed by atoms with Gasteiger partial charge < -0.3 is 4.79 Å². The van der Waals surface area contributed by atoms with Crippen molar-refractivity contribution in [2.75, 3.05) is 0 Å².